The van der Waals surface area contributed by atoms with Gasteiger partial charge in [0.05, 0.1) is 0 Å². The Balaban J connectivity index is 2.35. The summed E-state index contributed by atoms with van der Waals surface area (Å²) >= 11 is 0. The summed E-state index contributed by atoms with van der Waals surface area (Å²) in [5.41, 5.74) is 0.935. The minimum Gasteiger partial charge on any atom is -0.312 e. The Bertz CT molecular complexity index is 174. The zero-order valence-corrected chi connectivity index (χ0v) is 10.6. The lowest BCUT2D eigenvalue weighted by Crippen LogP contribution is -2.41. The van der Waals surface area contributed by atoms with Gasteiger partial charge in [0.2, 0.25) is 0 Å². The highest BCUT2D eigenvalue weighted by molar-refractivity contribution is 4.99. The predicted octanol–water partition coefficient (Wildman–Crippen LogP) is 3.59. The second-order valence-electron chi connectivity index (χ2n) is 6.16. The van der Waals surface area contributed by atoms with Crippen molar-refractivity contribution in [1.29, 1.82) is 0 Å². The van der Waals surface area contributed by atoms with Crippen molar-refractivity contribution >= 4 is 0 Å². The average molecular weight is 197 g/mol. The van der Waals surface area contributed by atoms with Crippen molar-refractivity contribution in [3.8, 4) is 0 Å². The van der Waals surface area contributed by atoms with Gasteiger partial charge >= 0.3 is 0 Å². The van der Waals surface area contributed by atoms with Crippen molar-refractivity contribution in [2.24, 2.45) is 11.3 Å². The van der Waals surface area contributed by atoms with E-state index in [0.29, 0.717) is 5.41 Å². The van der Waals surface area contributed by atoms with Crippen LogP contribution in [0, 0.1) is 11.3 Å². The Morgan fingerprint density at radius 1 is 1.29 bits per heavy atom. The van der Waals surface area contributed by atoms with Gasteiger partial charge in [0, 0.05) is 12.1 Å². The SMILES string of the molecule is CCCC(C)C1(CNC(C)(C)C)CC1. The van der Waals surface area contributed by atoms with E-state index in [0.717, 1.165) is 5.92 Å². The van der Waals surface area contributed by atoms with Gasteiger partial charge in [-0.25, -0.2) is 0 Å². The van der Waals surface area contributed by atoms with Crippen LogP contribution in [0.25, 0.3) is 0 Å². The summed E-state index contributed by atoms with van der Waals surface area (Å²) in [5, 5.41) is 3.66. The molecule has 1 rings (SSSR count). The van der Waals surface area contributed by atoms with Gasteiger partial charge in [-0.3, -0.25) is 0 Å². The van der Waals surface area contributed by atoms with E-state index in [2.05, 4.69) is 39.9 Å². The molecular weight excluding hydrogens is 170 g/mol. The van der Waals surface area contributed by atoms with Crippen LogP contribution in [-0.4, -0.2) is 12.1 Å². The van der Waals surface area contributed by atoms with Gasteiger partial charge in [-0.05, 0) is 44.9 Å². The molecule has 1 aliphatic carbocycles. The van der Waals surface area contributed by atoms with E-state index >= 15 is 0 Å². The second-order valence-corrected chi connectivity index (χ2v) is 6.16. The maximum absolute atomic E-state index is 3.66. The average Bonchev–Trinajstić information content (AvgIpc) is 2.80. The minimum absolute atomic E-state index is 0.279. The highest BCUT2D eigenvalue weighted by Gasteiger charge is 2.46. The third-order valence-electron chi connectivity index (χ3n) is 3.63. The molecule has 0 aromatic carbocycles. The largest absolute Gasteiger partial charge is 0.312 e. The van der Waals surface area contributed by atoms with E-state index in [-0.39, 0.29) is 5.54 Å². The van der Waals surface area contributed by atoms with Crippen molar-refractivity contribution in [2.75, 3.05) is 6.54 Å². The van der Waals surface area contributed by atoms with Crippen LogP contribution < -0.4 is 5.32 Å². The van der Waals surface area contributed by atoms with Crippen LogP contribution >= 0.6 is 0 Å². The van der Waals surface area contributed by atoms with Crippen LogP contribution in [0.4, 0.5) is 0 Å². The van der Waals surface area contributed by atoms with Crippen molar-refractivity contribution < 1.29 is 0 Å². The quantitative estimate of drug-likeness (QED) is 0.710. The second kappa shape index (κ2) is 4.22. The topological polar surface area (TPSA) is 12.0 Å². The monoisotopic (exact) mass is 197 g/mol. The third kappa shape index (κ3) is 3.27. The van der Waals surface area contributed by atoms with Crippen molar-refractivity contribution in [2.45, 2.75) is 65.8 Å². The van der Waals surface area contributed by atoms with Crippen molar-refractivity contribution in [1.82, 2.24) is 5.32 Å². The highest BCUT2D eigenvalue weighted by Crippen LogP contribution is 2.53. The Morgan fingerprint density at radius 2 is 1.86 bits per heavy atom. The summed E-state index contributed by atoms with van der Waals surface area (Å²) in [4.78, 5) is 0. The molecule has 0 heterocycles. The fourth-order valence-electron chi connectivity index (χ4n) is 2.18. The van der Waals surface area contributed by atoms with Crippen LogP contribution in [0.1, 0.15) is 60.3 Å². The standard InChI is InChI=1S/C13H27N/c1-6-7-11(2)13(8-9-13)10-14-12(3,4)5/h11,14H,6-10H2,1-5H3. The first-order valence-corrected chi connectivity index (χ1v) is 6.15. The summed E-state index contributed by atoms with van der Waals surface area (Å²) in [6, 6.07) is 0. The molecule has 0 saturated heterocycles. The molecule has 1 unspecified atom stereocenters. The Hall–Kier alpha value is -0.0400. The van der Waals surface area contributed by atoms with Gasteiger partial charge in [0.1, 0.15) is 0 Å². The molecule has 1 fully saturated rings. The van der Waals surface area contributed by atoms with E-state index in [1.165, 1.54) is 32.2 Å². The van der Waals surface area contributed by atoms with Gasteiger partial charge in [-0.15, -0.1) is 0 Å². The molecule has 1 saturated carbocycles. The first-order chi connectivity index (χ1) is 6.40. The van der Waals surface area contributed by atoms with Gasteiger partial charge in [-0.2, -0.15) is 0 Å². The Labute approximate surface area is 89.7 Å². The van der Waals surface area contributed by atoms with E-state index in [4.69, 9.17) is 0 Å². The lowest BCUT2D eigenvalue weighted by Gasteiger charge is -2.29. The summed E-state index contributed by atoms with van der Waals surface area (Å²) in [6.45, 7) is 12.7. The zero-order chi connectivity index (χ0) is 10.8. The Morgan fingerprint density at radius 3 is 2.21 bits per heavy atom. The lowest BCUT2D eigenvalue weighted by atomic mass is 9.86. The highest BCUT2D eigenvalue weighted by atomic mass is 15.0. The summed E-state index contributed by atoms with van der Waals surface area (Å²) in [5.74, 6) is 0.905. The van der Waals surface area contributed by atoms with Gasteiger partial charge in [-0.1, -0.05) is 26.7 Å². The fourth-order valence-corrected chi connectivity index (χ4v) is 2.18. The molecule has 1 atom stereocenters. The molecule has 0 bridgehead atoms. The van der Waals surface area contributed by atoms with Crippen LogP contribution in [0.15, 0.2) is 0 Å². The normalized spacial score (nSPS) is 22.1. The first-order valence-electron chi connectivity index (χ1n) is 6.15. The number of nitrogens with one attached hydrogen (secondary N) is 1. The van der Waals surface area contributed by atoms with E-state index in [1.54, 1.807) is 0 Å². The molecule has 1 aliphatic rings. The first kappa shape index (κ1) is 12.0. The maximum atomic E-state index is 3.66. The predicted molar refractivity (Wildman–Crippen MR) is 63.5 cm³/mol. The summed E-state index contributed by atoms with van der Waals surface area (Å²) in [6.07, 6.45) is 5.61. The van der Waals surface area contributed by atoms with Crippen LogP contribution in [0.5, 0.6) is 0 Å². The maximum Gasteiger partial charge on any atom is 0.00967 e. The Kier molecular flexibility index (Phi) is 3.63. The van der Waals surface area contributed by atoms with E-state index < -0.39 is 0 Å². The lowest BCUT2D eigenvalue weighted by molar-refractivity contribution is 0.266. The van der Waals surface area contributed by atoms with Gasteiger partial charge < -0.3 is 5.32 Å². The molecule has 0 amide bonds. The number of rotatable bonds is 5. The van der Waals surface area contributed by atoms with Crippen molar-refractivity contribution in [3.63, 3.8) is 0 Å². The summed E-state index contributed by atoms with van der Waals surface area (Å²) in [7, 11) is 0. The molecule has 84 valence electrons. The summed E-state index contributed by atoms with van der Waals surface area (Å²) < 4.78 is 0. The third-order valence-corrected chi connectivity index (χ3v) is 3.63. The molecule has 1 nitrogen and oxygen atoms in total. The van der Waals surface area contributed by atoms with Crippen LogP contribution in [0.2, 0.25) is 0 Å². The molecule has 0 aliphatic heterocycles. The molecule has 1 N–H and O–H groups in total. The van der Waals surface area contributed by atoms with E-state index in [9.17, 15) is 0 Å². The van der Waals surface area contributed by atoms with E-state index in [1.807, 2.05) is 0 Å². The zero-order valence-electron chi connectivity index (χ0n) is 10.6. The van der Waals surface area contributed by atoms with Crippen LogP contribution in [0.3, 0.4) is 0 Å². The molecular formula is C13H27N. The molecule has 14 heavy (non-hydrogen) atoms. The van der Waals surface area contributed by atoms with Gasteiger partial charge in [0.15, 0.2) is 0 Å². The number of hydrogen-bond acceptors (Lipinski definition) is 1. The molecule has 0 spiro atoms. The molecule has 0 radical (unpaired) electrons. The molecule has 0 aromatic heterocycles. The smallest absolute Gasteiger partial charge is 0.00967 e. The molecule has 0 aromatic rings. The van der Waals surface area contributed by atoms with Crippen molar-refractivity contribution in [3.05, 3.63) is 0 Å². The molecule has 1 heteroatoms. The fraction of sp³-hybridized carbons (Fsp3) is 1.00. The minimum atomic E-state index is 0.279. The van der Waals surface area contributed by atoms with Gasteiger partial charge in [0.25, 0.3) is 0 Å². The number of hydrogen-bond donors (Lipinski definition) is 1. The van der Waals surface area contributed by atoms with Crippen LogP contribution in [-0.2, 0) is 0 Å².